The number of ether oxygens (including phenoxy) is 2. The normalized spacial score (nSPS) is 12.1. The summed E-state index contributed by atoms with van der Waals surface area (Å²) in [5.41, 5.74) is 6.98. The number of nitrogens with zero attached hydrogens (tertiary/aromatic N) is 6. The van der Waals surface area contributed by atoms with E-state index in [2.05, 4.69) is 41.3 Å². The van der Waals surface area contributed by atoms with Crippen molar-refractivity contribution in [3.05, 3.63) is 162 Å². The van der Waals surface area contributed by atoms with E-state index in [4.69, 9.17) is 14.0 Å². The van der Waals surface area contributed by atoms with E-state index >= 15 is 0 Å². The predicted octanol–water partition coefficient (Wildman–Crippen LogP) is 13.8. The number of rotatable bonds is 17. The number of carbonyl (C=O) groups excluding carboxylic acids is 1. The molecular formula is C52H46N8O10S2. The number of amides is 1. The van der Waals surface area contributed by atoms with Crippen LogP contribution in [0.1, 0.15) is 33.5 Å². The first-order valence-electron chi connectivity index (χ1n) is 22.1. The van der Waals surface area contributed by atoms with Crippen molar-refractivity contribution in [3.63, 3.8) is 0 Å². The van der Waals surface area contributed by atoms with Gasteiger partial charge >= 0.3 is 0 Å². The summed E-state index contributed by atoms with van der Waals surface area (Å²) in [5, 5.41) is 45.8. The van der Waals surface area contributed by atoms with E-state index in [0.717, 1.165) is 33.5 Å². The number of aromatic hydroxyl groups is 1. The van der Waals surface area contributed by atoms with Crippen LogP contribution in [0.3, 0.4) is 0 Å². The van der Waals surface area contributed by atoms with Gasteiger partial charge in [-0.05, 0) is 158 Å². The molecular weight excluding hydrogens is 961 g/mol. The first-order valence-corrected chi connectivity index (χ1v) is 25.1. The lowest BCUT2D eigenvalue weighted by Gasteiger charge is -2.14. The fourth-order valence-electron chi connectivity index (χ4n) is 7.52. The second-order valence-corrected chi connectivity index (χ2v) is 19.4. The molecule has 0 atom stereocenters. The highest BCUT2D eigenvalue weighted by atomic mass is 32.2. The Bertz CT molecular complexity index is 3720. The van der Waals surface area contributed by atoms with Gasteiger partial charge < -0.3 is 25.2 Å². The van der Waals surface area contributed by atoms with Crippen molar-refractivity contribution < 1.29 is 45.3 Å². The SMILES string of the molecule is COc1cc(C(=O)Nc2cc3c(OCCCS(=O)(=O)O)cccc3cc2S(=O)(=O)O)ccc1N=Nc1ccc(N=Nc2cc(C)c(N=Nc3ccc4cc(Nc5ccccc5)ccc4c3O)cc2C)cc1C. The van der Waals surface area contributed by atoms with E-state index in [9.17, 15) is 31.3 Å². The molecule has 18 nitrogen and oxygen atoms in total. The van der Waals surface area contributed by atoms with E-state index in [1.54, 1.807) is 42.5 Å². The van der Waals surface area contributed by atoms with Crippen LogP contribution in [0.25, 0.3) is 21.5 Å². The lowest BCUT2D eigenvalue weighted by atomic mass is 10.1. The molecule has 0 heterocycles. The third kappa shape index (κ3) is 12.1. The molecule has 0 bridgehead atoms. The van der Waals surface area contributed by atoms with E-state index in [0.29, 0.717) is 44.6 Å². The lowest BCUT2D eigenvalue weighted by molar-refractivity contribution is 0.102. The Morgan fingerprint density at radius 2 is 1.24 bits per heavy atom. The molecule has 0 unspecified atom stereocenters. The Morgan fingerprint density at radius 3 is 1.94 bits per heavy atom. The number of phenols is 1. The summed E-state index contributed by atoms with van der Waals surface area (Å²) in [6.07, 6.45) is -0.0224. The summed E-state index contributed by atoms with van der Waals surface area (Å²) >= 11 is 0. The minimum atomic E-state index is -4.83. The van der Waals surface area contributed by atoms with Gasteiger partial charge in [0.2, 0.25) is 0 Å². The van der Waals surface area contributed by atoms with Gasteiger partial charge in [-0.3, -0.25) is 13.9 Å². The highest BCUT2D eigenvalue weighted by Gasteiger charge is 2.21. The molecule has 0 aromatic heterocycles. The number of methoxy groups -OCH3 is 1. The number of azo groups is 3. The van der Waals surface area contributed by atoms with Crippen LogP contribution in [-0.4, -0.2) is 56.4 Å². The summed E-state index contributed by atoms with van der Waals surface area (Å²) in [4.78, 5) is 13.0. The van der Waals surface area contributed by atoms with Crippen LogP contribution in [0.4, 0.5) is 51.2 Å². The predicted molar refractivity (Wildman–Crippen MR) is 276 cm³/mol. The second kappa shape index (κ2) is 21.3. The summed E-state index contributed by atoms with van der Waals surface area (Å²) in [5.74, 6) is -0.813. The number of hydrogen-bond donors (Lipinski definition) is 5. The minimum absolute atomic E-state index is 0.0224. The number of benzene rings is 8. The molecule has 366 valence electrons. The van der Waals surface area contributed by atoms with Crippen molar-refractivity contribution in [2.45, 2.75) is 32.1 Å². The summed E-state index contributed by atoms with van der Waals surface area (Å²) in [6, 6.07) is 39.7. The molecule has 0 spiro atoms. The Morgan fingerprint density at radius 1 is 0.583 bits per heavy atom. The summed E-state index contributed by atoms with van der Waals surface area (Å²) < 4.78 is 77.5. The fourth-order valence-corrected chi connectivity index (χ4v) is 8.67. The molecule has 8 aromatic carbocycles. The van der Waals surface area contributed by atoms with Gasteiger partial charge in [0.05, 0.1) is 47.9 Å². The number of fused-ring (bicyclic) bond motifs is 2. The van der Waals surface area contributed by atoms with Crippen LogP contribution in [0.2, 0.25) is 0 Å². The van der Waals surface area contributed by atoms with Crippen molar-refractivity contribution in [2.24, 2.45) is 30.7 Å². The van der Waals surface area contributed by atoms with Gasteiger partial charge in [0.1, 0.15) is 27.8 Å². The van der Waals surface area contributed by atoms with Gasteiger partial charge in [-0.1, -0.05) is 36.4 Å². The summed E-state index contributed by atoms with van der Waals surface area (Å²) in [6.45, 7) is 5.53. The Labute approximate surface area is 414 Å². The van der Waals surface area contributed by atoms with E-state index in [-0.39, 0.29) is 47.2 Å². The van der Waals surface area contributed by atoms with Crippen LogP contribution < -0.4 is 20.1 Å². The fraction of sp³-hybridized carbons (Fsp3) is 0.135. The average Bonchev–Trinajstić information content (AvgIpc) is 3.34. The second-order valence-electron chi connectivity index (χ2n) is 16.5. The average molecular weight is 1010 g/mol. The van der Waals surface area contributed by atoms with Gasteiger partial charge in [-0.2, -0.15) is 37.3 Å². The number of anilines is 3. The zero-order valence-electron chi connectivity index (χ0n) is 39.1. The lowest BCUT2D eigenvalue weighted by Crippen LogP contribution is -2.15. The molecule has 8 rings (SSSR count). The Hall–Kier alpha value is -8.43. The van der Waals surface area contributed by atoms with Crippen molar-refractivity contribution >= 4 is 98.9 Å². The molecule has 8 aromatic rings. The molecule has 20 heteroatoms. The number of nitrogens with one attached hydrogen (secondary N) is 2. The monoisotopic (exact) mass is 1010 g/mol. The molecule has 0 aliphatic rings. The topological polar surface area (TPSA) is 263 Å². The zero-order chi connectivity index (χ0) is 51.2. The largest absolute Gasteiger partial charge is 0.505 e. The smallest absolute Gasteiger partial charge is 0.296 e. The number of carbonyl (C=O) groups is 1. The molecule has 0 radical (unpaired) electrons. The van der Waals surface area contributed by atoms with Crippen molar-refractivity contribution in [2.75, 3.05) is 30.1 Å². The summed E-state index contributed by atoms with van der Waals surface area (Å²) in [7, 11) is -7.64. The highest BCUT2D eigenvalue weighted by Crippen LogP contribution is 2.39. The van der Waals surface area contributed by atoms with Crippen molar-refractivity contribution in [1.29, 1.82) is 0 Å². The maximum Gasteiger partial charge on any atom is 0.296 e. The van der Waals surface area contributed by atoms with Gasteiger partial charge in [0, 0.05) is 27.7 Å². The molecule has 0 saturated carbocycles. The van der Waals surface area contributed by atoms with Crippen LogP contribution >= 0.6 is 0 Å². The molecule has 0 saturated heterocycles. The first-order chi connectivity index (χ1) is 34.4. The minimum Gasteiger partial charge on any atom is -0.505 e. The van der Waals surface area contributed by atoms with E-state index in [1.807, 2.05) is 87.5 Å². The molecule has 1 amide bonds. The third-order valence-electron chi connectivity index (χ3n) is 11.2. The molecule has 0 fully saturated rings. The van der Waals surface area contributed by atoms with Crippen LogP contribution in [0, 0.1) is 20.8 Å². The van der Waals surface area contributed by atoms with Crippen molar-refractivity contribution in [1.82, 2.24) is 0 Å². The van der Waals surface area contributed by atoms with Crippen LogP contribution in [-0.2, 0) is 20.2 Å². The van der Waals surface area contributed by atoms with Crippen molar-refractivity contribution in [3.8, 4) is 17.2 Å². The standard InChI is InChI=1S/C52H46N8O10S2/c1-31-24-39(55-59-45-25-33(3)46(26-32(45)2)60-58-44-20-14-35-27-38(16-18-40(35)51(44)61)53-37-11-6-5-7-12-37)17-21-42(31)56-57-43-19-15-36(28-49(43)69-4)52(62)54-47-30-41-34(29-50(47)72(66,67)68)10-8-13-48(41)70-22-9-23-71(63,64)65/h5-8,10-21,24-30,53,61H,9,22-23H2,1-4H3,(H,54,62)(H,63,64,65)(H,66,67,68). The van der Waals surface area contributed by atoms with Gasteiger partial charge in [-0.25, -0.2) is 0 Å². The molecule has 0 aliphatic heterocycles. The van der Waals surface area contributed by atoms with Gasteiger partial charge in [-0.15, -0.1) is 10.2 Å². The van der Waals surface area contributed by atoms with Crippen LogP contribution in [0.5, 0.6) is 17.2 Å². The first kappa shape index (κ1) is 50.0. The number of hydrogen-bond acceptors (Lipinski definition) is 15. The quantitative estimate of drug-likeness (QED) is 0.0325. The molecule has 5 N–H and O–H groups in total. The van der Waals surface area contributed by atoms with Gasteiger partial charge in [0.25, 0.3) is 26.1 Å². The zero-order valence-corrected chi connectivity index (χ0v) is 40.7. The van der Waals surface area contributed by atoms with Crippen LogP contribution in [0.15, 0.2) is 175 Å². The number of para-hydroxylation sites is 1. The molecule has 0 aliphatic carbocycles. The maximum absolute atomic E-state index is 13.6. The van der Waals surface area contributed by atoms with E-state index in [1.165, 1.54) is 37.4 Å². The number of phenolic OH excluding ortho intramolecular Hbond substituents is 1. The van der Waals surface area contributed by atoms with Gasteiger partial charge in [0.15, 0.2) is 5.75 Å². The maximum atomic E-state index is 13.6. The third-order valence-corrected chi connectivity index (χ3v) is 12.9. The van der Waals surface area contributed by atoms with E-state index < -0.39 is 36.8 Å². The molecule has 72 heavy (non-hydrogen) atoms. The number of aryl methyl sites for hydroxylation is 3. The Kier molecular flexibility index (Phi) is 14.8. The Balaban J connectivity index is 0.926. The highest BCUT2D eigenvalue weighted by molar-refractivity contribution is 7.86.